The van der Waals surface area contributed by atoms with Gasteiger partial charge in [0.25, 0.3) is 11.5 Å². The van der Waals surface area contributed by atoms with Gasteiger partial charge in [-0.1, -0.05) is 12.1 Å². The Morgan fingerprint density at radius 3 is 2.63 bits per heavy atom. The van der Waals surface area contributed by atoms with E-state index in [0.29, 0.717) is 17.2 Å². The fraction of sp³-hybridized carbons (Fsp3) is 0.227. The lowest BCUT2D eigenvalue weighted by molar-refractivity contribution is -0.127. The Kier molecular flexibility index (Phi) is 6.79. The van der Waals surface area contributed by atoms with Gasteiger partial charge >= 0.3 is 0 Å². The molecular formula is C22H22FN3O4. The van der Waals surface area contributed by atoms with Crippen molar-refractivity contribution in [2.24, 2.45) is 0 Å². The molecule has 30 heavy (non-hydrogen) atoms. The normalized spacial score (nSPS) is 11.6. The molecule has 0 spiro atoms. The molecule has 1 amide bonds. The molecule has 1 atom stereocenters. The highest BCUT2D eigenvalue weighted by Crippen LogP contribution is 2.21. The summed E-state index contributed by atoms with van der Waals surface area (Å²) >= 11 is 0. The van der Waals surface area contributed by atoms with Crippen LogP contribution < -0.4 is 20.3 Å². The first-order valence-electron chi connectivity index (χ1n) is 9.39. The molecule has 0 bridgehead atoms. The number of rotatable bonds is 8. The predicted octanol–water partition coefficient (Wildman–Crippen LogP) is 2.64. The fourth-order valence-corrected chi connectivity index (χ4v) is 2.75. The summed E-state index contributed by atoms with van der Waals surface area (Å²) in [5, 5.41) is 7.08. The van der Waals surface area contributed by atoms with Crippen molar-refractivity contribution in [3.05, 3.63) is 76.8 Å². The maximum atomic E-state index is 12.9. The number of hydrogen-bond donors (Lipinski definition) is 1. The van der Waals surface area contributed by atoms with E-state index in [1.54, 1.807) is 20.1 Å². The summed E-state index contributed by atoms with van der Waals surface area (Å²) in [6, 6.07) is 15.9. The van der Waals surface area contributed by atoms with Crippen molar-refractivity contribution in [3.63, 3.8) is 0 Å². The molecule has 0 aliphatic rings. The van der Waals surface area contributed by atoms with E-state index < -0.39 is 6.10 Å². The second kappa shape index (κ2) is 9.69. The molecule has 1 unspecified atom stereocenters. The molecule has 3 aromatic rings. The van der Waals surface area contributed by atoms with Crippen LogP contribution in [-0.2, 0) is 11.3 Å². The quantitative estimate of drug-likeness (QED) is 0.616. The van der Waals surface area contributed by atoms with E-state index in [4.69, 9.17) is 9.47 Å². The van der Waals surface area contributed by atoms with E-state index >= 15 is 0 Å². The van der Waals surface area contributed by atoms with E-state index in [1.165, 1.54) is 35.0 Å². The van der Waals surface area contributed by atoms with Gasteiger partial charge in [0.1, 0.15) is 17.3 Å². The van der Waals surface area contributed by atoms with Gasteiger partial charge in [0.15, 0.2) is 6.10 Å². The highest BCUT2D eigenvalue weighted by atomic mass is 19.1. The van der Waals surface area contributed by atoms with Gasteiger partial charge in [0.2, 0.25) is 0 Å². The fourth-order valence-electron chi connectivity index (χ4n) is 2.75. The molecule has 0 aliphatic carbocycles. The minimum absolute atomic E-state index is 0.199. The first-order chi connectivity index (χ1) is 14.5. The number of nitrogens with zero attached hydrogens (tertiary/aromatic N) is 2. The number of benzene rings is 2. The first kappa shape index (κ1) is 21.0. The lowest BCUT2D eigenvalue weighted by atomic mass is 10.1. The number of nitrogens with one attached hydrogen (secondary N) is 1. The lowest BCUT2D eigenvalue weighted by Crippen LogP contribution is -2.39. The molecule has 1 N–H and O–H groups in total. The van der Waals surface area contributed by atoms with Gasteiger partial charge < -0.3 is 14.8 Å². The number of hydrogen-bond acceptors (Lipinski definition) is 5. The van der Waals surface area contributed by atoms with Gasteiger partial charge in [-0.25, -0.2) is 9.07 Å². The number of amides is 1. The summed E-state index contributed by atoms with van der Waals surface area (Å²) in [6.07, 6.45) is -0.775. The van der Waals surface area contributed by atoms with Crippen molar-refractivity contribution < 1.29 is 18.7 Å². The van der Waals surface area contributed by atoms with Gasteiger partial charge in [0, 0.05) is 18.2 Å². The number of methoxy groups -OCH3 is 1. The monoisotopic (exact) mass is 411 g/mol. The molecule has 2 aromatic carbocycles. The molecule has 3 rings (SSSR count). The summed E-state index contributed by atoms with van der Waals surface area (Å²) in [5.74, 6) is 0.349. The molecule has 0 saturated carbocycles. The average Bonchev–Trinajstić information content (AvgIpc) is 2.76. The summed E-state index contributed by atoms with van der Waals surface area (Å²) in [5.41, 5.74) is 1.16. The molecule has 1 aromatic heterocycles. The molecule has 7 nitrogen and oxygen atoms in total. The summed E-state index contributed by atoms with van der Waals surface area (Å²) in [7, 11) is 1.58. The lowest BCUT2D eigenvalue weighted by Gasteiger charge is -2.15. The van der Waals surface area contributed by atoms with Crippen LogP contribution in [0.15, 0.2) is 65.5 Å². The Morgan fingerprint density at radius 1 is 1.13 bits per heavy atom. The molecule has 156 valence electrons. The Bertz CT molecular complexity index is 1070. The number of ether oxygens (including phenoxy) is 2. The van der Waals surface area contributed by atoms with Crippen molar-refractivity contribution in [3.8, 4) is 22.8 Å². The van der Waals surface area contributed by atoms with Crippen molar-refractivity contribution in [1.29, 1.82) is 0 Å². The molecule has 0 saturated heterocycles. The smallest absolute Gasteiger partial charge is 0.266 e. The van der Waals surface area contributed by atoms with Gasteiger partial charge in [-0.3, -0.25) is 9.59 Å². The average molecular weight is 411 g/mol. The van der Waals surface area contributed by atoms with Crippen LogP contribution in [0.2, 0.25) is 0 Å². The zero-order valence-corrected chi connectivity index (χ0v) is 16.7. The van der Waals surface area contributed by atoms with Crippen LogP contribution in [0, 0.1) is 5.82 Å². The number of carbonyl (C=O) groups is 1. The van der Waals surface area contributed by atoms with Crippen molar-refractivity contribution in [1.82, 2.24) is 15.1 Å². The van der Waals surface area contributed by atoms with Crippen molar-refractivity contribution in [2.45, 2.75) is 19.6 Å². The zero-order chi connectivity index (χ0) is 21.5. The Labute approximate surface area is 173 Å². The maximum Gasteiger partial charge on any atom is 0.266 e. The van der Waals surface area contributed by atoms with Gasteiger partial charge in [-0.2, -0.15) is 5.10 Å². The third kappa shape index (κ3) is 5.44. The van der Waals surface area contributed by atoms with Crippen LogP contribution >= 0.6 is 0 Å². The van der Waals surface area contributed by atoms with Crippen LogP contribution in [-0.4, -0.2) is 35.4 Å². The van der Waals surface area contributed by atoms with Crippen LogP contribution in [0.3, 0.4) is 0 Å². The van der Waals surface area contributed by atoms with Gasteiger partial charge in [-0.05, 0) is 49.4 Å². The van der Waals surface area contributed by atoms with Crippen LogP contribution in [0.1, 0.15) is 6.92 Å². The minimum atomic E-state index is -0.775. The number of carbonyl (C=O) groups excluding carboxylic acids is 1. The van der Waals surface area contributed by atoms with Crippen LogP contribution in [0.5, 0.6) is 11.5 Å². The molecule has 8 heteroatoms. The second-order valence-electron chi connectivity index (χ2n) is 6.52. The third-order valence-electron chi connectivity index (χ3n) is 4.35. The van der Waals surface area contributed by atoms with E-state index in [1.807, 2.05) is 24.3 Å². The van der Waals surface area contributed by atoms with Crippen LogP contribution in [0.25, 0.3) is 11.3 Å². The van der Waals surface area contributed by atoms with E-state index in [2.05, 4.69) is 10.4 Å². The molecule has 0 fully saturated rings. The predicted molar refractivity (Wildman–Crippen MR) is 110 cm³/mol. The summed E-state index contributed by atoms with van der Waals surface area (Å²) in [6.45, 7) is 1.99. The molecule has 1 heterocycles. The highest BCUT2D eigenvalue weighted by molar-refractivity contribution is 5.80. The second-order valence-corrected chi connectivity index (χ2v) is 6.52. The minimum Gasteiger partial charge on any atom is -0.497 e. The van der Waals surface area contributed by atoms with Crippen LogP contribution in [0.4, 0.5) is 4.39 Å². The number of halogens is 1. The zero-order valence-electron chi connectivity index (χ0n) is 16.7. The Morgan fingerprint density at radius 2 is 1.90 bits per heavy atom. The maximum absolute atomic E-state index is 12.9. The Balaban J connectivity index is 1.59. The van der Waals surface area contributed by atoms with Gasteiger partial charge in [0.05, 0.1) is 19.3 Å². The highest BCUT2D eigenvalue weighted by Gasteiger charge is 2.14. The first-order valence-corrected chi connectivity index (χ1v) is 9.39. The van der Waals surface area contributed by atoms with E-state index in [0.717, 1.165) is 5.56 Å². The summed E-state index contributed by atoms with van der Waals surface area (Å²) < 4.78 is 24.9. The van der Waals surface area contributed by atoms with E-state index in [9.17, 15) is 14.0 Å². The topological polar surface area (TPSA) is 82.5 Å². The van der Waals surface area contributed by atoms with Crippen molar-refractivity contribution >= 4 is 5.91 Å². The van der Waals surface area contributed by atoms with Crippen molar-refractivity contribution in [2.75, 3.05) is 13.7 Å². The Hall–Kier alpha value is -3.68. The molecule has 0 aliphatic heterocycles. The largest absolute Gasteiger partial charge is 0.497 e. The van der Waals surface area contributed by atoms with E-state index in [-0.39, 0.29) is 30.4 Å². The van der Waals surface area contributed by atoms with Gasteiger partial charge in [-0.15, -0.1) is 0 Å². The SMILES string of the molecule is COc1cccc(-c2ccc(=O)n(CCNC(=O)C(C)Oc3ccc(F)cc3)n2)c1. The standard InChI is InChI=1S/C22H22FN3O4/c1-15(30-18-8-6-17(23)7-9-18)22(28)24-12-13-26-21(27)11-10-20(25-26)16-4-3-5-19(14-16)29-2/h3-11,14-15H,12-13H2,1-2H3,(H,24,28). The number of aromatic nitrogens is 2. The molecular weight excluding hydrogens is 389 g/mol. The molecule has 0 radical (unpaired) electrons. The summed E-state index contributed by atoms with van der Waals surface area (Å²) in [4.78, 5) is 24.3. The third-order valence-corrected chi connectivity index (χ3v) is 4.35.